The first kappa shape index (κ1) is 23.9. The summed E-state index contributed by atoms with van der Waals surface area (Å²) in [4.78, 5) is 13.6. The number of ether oxygens (including phenoxy) is 1. The molecule has 5 aromatic carbocycles. The van der Waals surface area contributed by atoms with Gasteiger partial charge in [0.2, 0.25) is 5.91 Å². The molecular formula is C30H23ClN2O2S. The predicted molar refractivity (Wildman–Crippen MR) is 150 cm³/mol. The molecule has 0 fully saturated rings. The number of hydrogen-bond donors (Lipinski definition) is 1. The van der Waals surface area contributed by atoms with Crippen molar-refractivity contribution < 1.29 is 9.53 Å². The zero-order valence-electron chi connectivity index (χ0n) is 19.4. The molecule has 0 heterocycles. The Hall–Kier alpha value is -3.80. The maximum absolute atomic E-state index is 12.5. The summed E-state index contributed by atoms with van der Waals surface area (Å²) in [5.74, 6) is 0.778. The van der Waals surface area contributed by atoms with Crippen molar-refractivity contribution in [2.45, 2.75) is 11.5 Å². The molecule has 1 N–H and O–H groups in total. The lowest BCUT2D eigenvalue weighted by atomic mass is 10.0. The highest BCUT2D eigenvalue weighted by Crippen LogP contribution is 2.29. The highest BCUT2D eigenvalue weighted by atomic mass is 35.5. The fraction of sp³-hybridized carbons (Fsp3) is 0.0667. The van der Waals surface area contributed by atoms with Gasteiger partial charge in [0.15, 0.2) is 0 Å². The van der Waals surface area contributed by atoms with Crippen LogP contribution in [0, 0.1) is 0 Å². The van der Waals surface area contributed by atoms with Gasteiger partial charge in [-0.25, -0.2) is 5.43 Å². The number of nitrogens with one attached hydrogen (secondary N) is 1. The minimum atomic E-state index is -0.173. The Kier molecular flexibility index (Phi) is 7.50. The van der Waals surface area contributed by atoms with Crippen LogP contribution >= 0.6 is 23.4 Å². The van der Waals surface area contributed by atoms with E-state index in [1.165, 1.54) is 11.8 Å². The molecule has 0 aromatic heterocycles. The standard InChI is InChI=1S/C30H23ClN2O2S/c31-24-15-12-21(13-16-24)19-35-28-17-14-23-7-1-3-9-25(23)27(28)18-32-33-30(34)20-36-29-11-5-8-22-6-2-4-10-26(22)29/h1-18H,19-20H2,(H,33,34). The summed E-state index contributed by atoms with van der Waals surface area (Å²) in [6.45, 7) is 0.393. The first-order valence-corrected chi connectivity index (χ1v) is 12.9. The van der Waals surface area contributed by atoms with Gasteiger partial charge in [-0.05, 0) is 51.4 Å². The summed E-state index contributed by atoms with van der Waals surface area (Å²) < 4.78 is 6.12. The largest absolute Gasteiger partial charge is 0.488 e. The van der Waals surface area contributed by atoms with E-state index in [2.05, 4.69) is 28.7 Å². The van der Waals surface area contributed by atoms with Gasteiger partial charge in [-0.2, -0.15) is 5.10 Å². The van der Waals surface area contributed by atoms with Crippen LogP contribution in [0.4, 0.5) is 0 Å². The van der Waals surface area contributed by atoms with Crippen molar-refractivity contribution in [3.8, 4) is 5.75 Å². The molecule has 0 saturated heterocycles. The lowest BCUT2D eigenvalue weighted by Crippen LogP contribution is -2.19. The molecule has 0 unspecified atom stereocenters. The highest BCUT2D eigenvalue weighted by Gasteiger charge is 2.09. The minimum Gasteiger partial charge on any atom is -0.488 e. The van der Waals surface area contributed by atoms with Gasteiger partial charge >= 0.3 is 0 Å². The minimum absolute atomic E-state index is 0.173. The number of nitrogens with zero attached hydrogens (tertiary/aromatic N) is 1. The van der Waals surface area contributed by atoms with Crippen molar-refractivity contribution in [2.24, 2.45) is 5.10 Å². The van der Waals surface area contributed by atoms with Gasteiger partial charge in [0.25, 0.3) is 0 Å². The summed E-state index contributed by atoms with van der Waals surface area (Å²) in [6.07, 6.45) is 1.65. The van der Waals surface area contributed by atoms with Crippen LogP contribution in [0.5, 0.6) is 5.75 Å². The number of halogens is 1. The van der Waals surface area contributed by atoms with E-state index in [1.54, 1.807) is 6.21 Å². The van der Waals surface area contributed by atoms with Crippen molar-refractivity contribution >= 4 is 57.0 Å². The second-order valence-electron chi connectivity index (χ2n) is 8.17. The third-order valence-electron chi connectivity index (χ3n) is 5.73. The normalized spacial score (nSPS) is 11.2. The number of thioether (sulfide) groups is 1. The molecule has 5 aromatic rings. The van der Waals surface area contributed by atoms with E-state index >= 15 is 0 Å². The lowest BCUT2D eigenvalue weighted by molar-refractivity contribution is -0.118. The molecule has 1 amide bonds. The Morgan fingerprint density at radius 1 is 0.833 bits per heavy atom. The van der Waals surface area contributed by atoms with Crippen LogP contribution in [0.25, 0.3) is 21.5 Å². The summed E-state index contributed by atoms with van der Waals surface area (Å²) in [5, 5.41) is 9.30. The van der Waals surface area contributed by atoms with Crippen molar-refractivity contribution in [1.29, 1.82) is 0 Å². The van der Waals surface area contributed by atoms with E-state index < -0.39 is 0 Å². The van der Waals surface area contributed by atoms with E-state index in [4.69, 9.17) is 16.3 Å². The second-order valence-corrected chi connectivity index (χ2v) is 9.63. The molecule has 0 aliphatic carbocycles. The van der Waals surface area contributed by atoms with Crippen LogP contribution < -0.4 is 10.2 Å². The number of fused-ring (bicyclic) bond motifs is 2. The van der Waals surface area contributed by atoms with E-state index in [9.17, 15) is 4.79 Å². The van der Waals surface area contributed by atoms with E-state index in [-0.39, 0.29) is 11.7 Å². The zero-order chi connectivity index (χ0) is 24.7. The van der Waals surface area contributed by atoms with Gasteiger partial charge in [0, 0.05) is 15.5 Å². The Morgan fingerprint density at radius 3 is 2.33 bits per heavy atom. The Balaban J connectivity index is 1.29. The predicted octanol–water partition coefficient (Wildman–Crippen LogP) is 7.47. The van der Waals surface area contributed by atoms with Gasteiger partial charge in [0.1, 0.15) is 12.4 Å². The molecular weight excluding hydrogens is 488 g/mol. The maximum Gasteiger partial charge on any atom is 0.250 e. The number of hydrazone groups is 1. The number of benzene rings is 5. The summed E-state index contributed by atoms with van der Waals surface area (Å²) >= 11 is 7.49. The van der Waals surface area contributed by atoms with Crippen LogP contribution in [0.3, 0.4) is 0 Å². The smallest absolute Gasteiger partial charge is 0.250 e. The van der Waals surface area contributed by atoms with Gasteiger partial charge in [-0.15, -0.1) is 11.8 Å². The Labute approximate surface area is 218 Å². The van der Waals surface area contributed by atoms with Crippen molar-refractivity contribution in [3.05, 3.63) is 119 Å². The lowest BCUT2D eigenvalue weighted by Gasteiger charge is -2.12. The molecule has 0 saturated carbocycles. The van der Waals surface area contributed by atoms with Crippen molar-refractivity contribution in [2.75, 3.05) is 5.75 Å². The molecule has 0 bridgehead atoms. The third-order valence-corrected chi connectivity index (χ3v) is 7.06. The van der Waals surface area contributed by atoms with Crippen molar-refractivity contribution in [3.63, 3.8) is 0 Å². The molecule has 36 heavy (non-hydrogen) atoms. The number of rotatable bonds is 8. The quantitative estimate of drug-likeness (QED) is 0.134. The van der Waals surface area contributed by atoms with Gasteiger partial charge in [-0.3, -0.25) is 4.79 Å². The van der Waals surface area contributed by atoms with Crippen LogP contribution in [0.1, 0.15) is 11.1 Å². The molecule has 0 aliphatic rings. The highest BCUT2D eigenvalue weighted by molar-refractivity contribution is 8.00. The number of carbonyl (C=O) groups excluding carboxylic acids is 1. The molecule has 4 nitrogen and oxygen atoms in total. The van der Waals surface area contributed by atoms with E-state index in [0.717, 1.165) is 37.6 Å². The molecule has 0 aliphatic heterocycles. The van der Waals surface area contributed by atoms with Crippen LogP contribution in [0.15, 0.2) is 113 Å². The van der Waals surface area contributed by atoms with Gasteiger partial charge < -0.3 is 4.74 Å². The van der Waals surface area contributed by atoms with Crippen molar-refractivity contribution in [1.82, 2.24) is 5.43 Å². The molecule has 178 valence electrons. The zero-order valence-corrected chi connectivity index (χ0v) is 20.9. The summed E-state index contributed by atoms with van der Waals surface area (Å²) in [5.41, 5.74) is 4.48. The van der Waals surface area contributed by atoms with Crippen LogP contribution in [-0.2, 0) is 11.4 Å². The molecule has 0 atom stereocenters. The Bertz CT molecular complexity index is 1550. The van der Waals surface area contributed by atoms with E-state index in [0.29, 0.717) is 17.4 Å². The van der Waals surface area contributed by atoms with Gasteiger partial charge in [-0.1, -0.05) is 90.5 Å². The molecule has 0 radical (unpaired) electrons. The third kappa shape index (κ3) is 5.70. The van der Waals surface area contributed by atoms with Crippen LogP contribution in [0.2, 0.25) is 5.02 Å². The SMILES string of the molecule is O=C(CSc1cccc2ccccc12)NN=Cc1c(OCc2ccc(Cl)cc2)ccc2ccccc12. The molecule has 5 rings (SSSR count). The fourth-order valence-corrected chi connectivity index (χ4v) is 4.94. The number of amides is 1. The Morgan fingerprint density at radius 2 is 1.53 bits per heavy atom. The second kappa shape index (κ2) is 11.3. The first-order valence-electron chi connectivity index (χ1n) is 11.5. The summed E-state index contributed by atoms with van der Waals surface area (Å²) in [6, 6.07) is 33.8. The fourth-order valence-electron chi connectivity index (χ4n) is 3.94. The molecule has 6 heteroatoms. The maximum atomic E-state index is 12.5. The average molecular weight is 511 g/mol. The van der Waals surface area contributed by atoms with E-state index in [1.807, 2.05) is 84.9 Å². The molecule has 0 spiro atoms. The first-order chi connectivity index (χ1) is 17.7. The number of carbonyl (C=O) groups is 1. The van der Waals surface area contributed by atoms with Crippen LogP contribution in [-0.4, -0.2) is 17.9 Å². The average Bonchev–Trinajstić information content (AvgIpc) is 2.92. The summed E-state index contributed by atoms with van der Waals surface area (Å²) in [7, 11) is 0. The topological polar surface area (TPSA) is 50.7 Å². The van der Waals surface area contributed by atoms with Gasteiger partial charge in [0.05, 0.1) is 12.0 Å². The monoisotopic (exact) mass is 510 g/mol. The number of hydrogen-bond acceptors (Lipinski definition) is 4.